The van der Waals surface area contributed by atoms with Crippen molar-refractivity contribution < 1.29 is 18.8 Å². The highest BCUT2D eigenvalue weighted by atomic mass is 35.5. The Kier molecular flexibility index (Phi) is 3.82. The molecule has 0 saturated heterocycles. The Balaban J connectivity index is 1.68. The molecule has 1 aliphatic heterocycles. The van der Waals surface area contributed by atoms with Crippen molar-refractivity contribution >= 4 is 23.2 Å². The standard InChI is InChI=1S/C18H13ClN2O4/c1-23-15-7-6-10(19)8-13(15)20-18(22)16-12-9-24-14-5-3-2-4-11(14)17(12)25-21-16/h2-8H,9H2,1H3,(H,20,22). The first-order valence-electron chi connectivity index (χ1n) is 7.53. The summed E-state index contributed by atoms with van der Waals surface area (Å²) in [6.07, 6.45) is 0. The van der Waals surface area contributed by atoms with E-state index < -0.39 is 5.91 Å². The number of ether oxygens (including phenoxy) is 2. The van der Waals surface area contributed by atoms with Gasteiger partial charge in [-0.05, 0) is 30.3 Å². The van der Waals surface area contributed by atoms with Crippen molar-refractivity contribution in [3.63, 3.8) is 0 Å². The van der Waals surface area contributed by atoms with Gasteiger partial charge in [0, 0.05) is 5.02 Å². The second kappa shape index (κ2) is 6.14. The van der Waals surface area contributed by atoms with E-state index >= 15 is 0 Å². The Bertz CT molecular complexity index is 967. The second-order valence-corrected chi connectivity index (χ2v) is 5.86. The largest absolute Gasteiger partial charge is 0.495 e. The van der Waals surface area contributed by atoms with Gasteiger partial charge < -0.3 is 19.3 Å². The number of carbonyl (C=O) groups is 1. The molecule has 2 heterocycles. The van der Waals surface area contributed by atoms with Crippen LogP contribution in [0.4, 0.5) is 5.69 Å². The predicted octanol–water partition coefficient (Wildman–Crippen LogP) is 4.15. The summed E-state index contributed by atoms with van der Waals surface area (Å²) in [6.45, 7) is 0.214. The minimum Gasteiger partial charge on any atom is -0.495 e. The number of amides is 1. The van der Waals surface area contributed by atoms with Crippen LogP contribution in [0.5, 0.6) is 11.5 Å². The highest BCUT2D eigenvalue weighted by molar-refractivity contribution is 6.31. The SMILES string of the molecule is COc1ccc(Cl)cc1NC(=O)c1noc2c1COc1ccccc1-2. The summed E-state index contributed by atoms with van der Waals surface area (Å²) < 4.78 is 16.3. The van der Waals surface area contributed by atoms with Gasteiger partial charge >= 0.3 is 0 Å². The maximum Gasteiger partial charge on any atom is 0.278 e. The summed E-state index contributed by atoms with van der Waals surface area (Å²) in [5.74, 6) is 1.32. The number of hydrogen-bond acceptors (Lipinski definition) is 5. The zero-order valence-corrected chi connectivity index (χ0v) is 14.0. The first-order valence-corrected chi connectivity index (χ1v) is 7.91. The number of carbonyl (C=O) groups excluding carboxylic acids is 1. The number of halogens is 1. The molecule has 126 valence electrons. The molecule has 25 heavy (non-hydrogen) atoms. The van der Waals surface area contributed by atoms with Gasteiger partial charge in [-0.15, -0.1) is 0 Å². The molecule has 1 aliphatic rings. The third-order valence-corrected chi connectivity index (χ3v) is 4.15. The fourth-order valence-electron chi connectivity index (χ4n) is 2.72. The molecular formula is C18H13ClN2O4. The number of aromatic nitrogens is 1. The smallest absolute Gasteiger partial charge is 0.278 e. The van der Waals surface area contributed by atoms with E-state index in [1.54, 1.807) is 18.2 Å². The monoisotopic (exact) mass is 356 g/mol. The van der Waals surface area contributed by atoms with Crippen LogP contribution in [0, 0.1) is 0 Å². The third kappa shape index (κ3) is 2.70. The average molecular weight is 357 g/mol. The van der Waals surface area contributed by atoms with Crippen LogP contribution in [-0.2, 0) is 6.61 Å². The second-order valence-electron chi connectivity index (χ2n) is 5.42. The van der Waals surface area contributed by atoms with Gasteiger partial charge in [-0.1, -0.05) is 28.9 Å². The molecule has 0 bridgehead atoms. The molecule has 0 unspecified atom stereocenters. The quantitative estimate of drug-likeness (QED) is 0.763. The van der Waals surface area contributed by atoms with Crippen molar-refractivity contribution in [2.45, 2.75) is 6.61 Å². The lowest BCUT2D eigenvalue weighted by molar-refractivity contribution is 0.101. The lowest BCUT2D eigenvalue weighted by atomic mass is 10.0. The first kappa shape index (κ1) is 15.5. The van der Waals surface area contributed by atoms with E-state index in [0.717, 1.165) is 5.56 Å². The van der Waals surface area contributed by atoms with Gasteiger partial charge in [-0.3, -0.25) is 4.79 Å². The lowest BCUT2D eigenvalue weighted by Crippen LogP contribution is -2.16. The van der Waals surface area contributed by atoms with E-state index in [4.69, 9.17) is 25.6 Å². The minimum absolute atomic E-state index is 0.173. The van der Waals surface area contributed by atoms with E-state index in [1.165, 1.54) is 7.11 Å². The normalized spacial score (nSPS) is 11.9. The molecular weight excluding hydrogens is 344 g/mol. The Labute approximate surface area is 148 Å². The summed E-state index contributed by atoms with van der Waals surface area (Å²) in [5, 5.41) is 7.16. The summed E-state index contributed by atoms with van der Waals surface area (Å²) in [4.78, 5) is 12.7. The highest BCUT2D eigenvalue weighted by Crippen LogP contribution is 2.39. The third-order valence-electron chi connectivity index (χ3n) is 3.92. The molecule has 6 nitrogen and oxygen atoms in total. The van der Waals surface area contributed by atoms with Gasteiger partial charge in [0.2, 0.25) is 0 Å². The van der Waals surface area contributed by atoms with Crippen LogP contribution >= 0.6 is 11.6 Å². The van der Waals surface area contributed by atoms with Crippen LogP contribution in [-0.4, -0.2) is 18.2 Å². The van der Waals surface area contributed by atoms with Crippen molar-refractivity contribution in [1.82, 2.24) is 5.16 Å². The molecule has 0 spiro atoms. The predicted molar refractivity (Wildman–Crippen MR) is 92.2 cm³/mol. The van der Waals surface area contributed by atoms with E-state index in [2.05, 4.69) is 10.5 Å². The fourth-order valence-corrected chi connectivity index (χ4v) is 2.89. The van der Waals surface area contributed by atoms with Gasteiger partial charge in [0.05, 0.1) is 23.9 Å². The van der Waals surface area contributed by atoms with Gasteiger partial charge in [0.15, 0.2) is 11.5 Å². The highest BCUT2D eigenvalue weighted by Gasteiger charge is 2.29. The molecule has 1 N–H and O–H groups in total. The van der Waals surface area contributed by atoms with Crippen molar-refractivity contribution in [3.05, 3.63) is 58.7 Å². The first-order chi connectivity index (χ1) is 12.2. The molecule has 3 aromatic rings. The van der Waals surface area contributed by atoms with Crippen LogP contribution in [0.25, 0.3) is 11.3 Å². The number of nitrogens with one attached hydrogen (secondary N) is 1. The van der Waals surface area contributed by atoms with Crippen molar-refractivity contribution in [2.24, 2.45) is 0 Å². The van der Waals surface area contributed by atoms with Crippen molar-refractivity contribution in [1.29, 1.82) is 0 Å². The fraction of sp³-hybridized carbons (Fsp3) is 0.111. The summed E-state index contributed by atoms with van der Waals surface area (Å²) in [7, 11) is 1.52. The van der Waals surface area contributed by atoms with Crippen molar-refractivity contribution in [2.75, 3.05) is 12.4 Å². The molecule has 7 heteroatoms. The number of rotatable bonds is 3. The van der Waals surface area contributed by atoms with Crippen LogP contribution in [0.2, 0.25) is 5.02 Å². The minimum atomic E-state index is -0.423. The molecule has 0 radical (unpaired) electrons. The van der Waals surface area contributed by atoms with Crippen molar-refractivity contribution in [3.8, 4) is 22.8 Å². The number of anilines is 1. The Hall–Kier alpha value is -2.99. The zero-order chi connectivity index (χ0) is 17.4. The topological polar surface area (TPSA) is 73.6 Å². The molecule has 1 amide bonds. The van der Waals surface area contributed by atoms with Crippen LogP contribution < -0.4 is 14.8 Å². The number of benzene rings is 2. The Morgan fingerprint density at radius 1 is 1.28 bits per heavy atom. The van der Waals surface area contributed by atoms with Crippen LogP contribution in [0.15, 0.2) is 47.0 Å². The van der Waals surface area contributed by atoms with Crippen LogP contribution in [0.1, 0.15) is 16.1 Å². The van der Waals surface area contributed by atoms with E-state index in [0.29, 0.717) is 33.5 Å². The maximum absolute atomic E-state index is 12.7. The zero-order valence-electron chi connectivity index (χ0n) is 13.2. The summed E-state index contributed by atoms with van der Waals surface area (Å²) in [6, 6.07) is 12.4. The van der Waals surface area contributed by atoms with Gasteiger partial charge in [0.25, 0.3) is 5.91 Å². The number of hydrogen-bond donors (Lipinski definition) is 1. The summed E-state index contributed by atoms with van der Waals surface area (Å²) >= 11 is 5.99. The van der Waals surface area contributed by atoms with Gasteiger partial charge in [-0.2, -0.15) is 0 Å². The lowest BCUT2D eigenvalue weighted by Gasteiger charge is -2.16. The molecule has 0 atom stereocenters. The average Bonchev–Trinajstić information content (AvgIpc) is 3.06. The van der Waals surface area contributed by atoms with E-state index in [9.17, 15) is 4.79 Å². The molecule has 2 aromatic carbocycles. The number of para-hydroxylation sites is 1. The molecule has 0 fully saturated rings. The molecule has 1 aromatic heterocycles. The molecule has 0 aliphatic carbocycles. The molecule has 4 rings (SSSR count). The van der Waals surface area contributed by atoms with Gasteiger partial charge in [0.1, 0.15) is 18.1 Å². The number of nitrogens with zero attached hydrogens (tertiary/aromatic N) is 1. The van der Waals surface area contributed by atoms with E-state index in [1.807, 2.05) is 24.3 Å². The van der Waals surface area contributed by atoms with E-state index in [-0.39, 0.29) is 12.3 Å². The Morgan fingerprint density at radius 3 is 2.96 bits per heavy atom. The number of methoxy groups -OCH3 is 1. The summed E-state index contributed by atoms with van der Waals surface area (Å²) in [5.41, 5.74) is 2.01. The maximum atomic E-state index is 12.7. The van der Waals surface area contributed by atoms with Gasteiger partial charge in [-0.25, -0.2) is 0 Å². The van der Waals surface area contributed by atoms with Crippen LogP contribution in [0.3, 0.4) is 0 Å². The number of fused-ring (bicyclic) bond motifs is 3. The molecule has 0 saturated carbocycles. The Morgan fingerprint density at radius 2 is 2.12 bits per heavy atom.